The molecule has 0 bridgehead atoms. The number of halogens is 2. The molecule has 0 heterocycles. The maximum Gasteiger partial charge on any atom is 0.313 e. The Hall–Kier alpha value is -3.13. The van der Waals surface area contributed by atoms with Gasteiger partial charge in [0.05, 0.1) is 11.1 Å². The Morgan fingerprint density at radius 2 is 2.07 bits per heavy atom. The van der Waals surface area contributed by atoms with E-state index in [9.17, 15) is 14.0 Å². The summed E-state index contributed by atoms with van der Waals surface area (Å²) in [5.74, 6) is -1.83. The second kappa shape index (κ2) is 12.4. The van der Waals surface area contributed by atoms with Gasteiger partial charge in [0.15, 0.2) is 5.96 Å². The van der Waals surface area contributed by atoms with Crippen LogP contribution < -0.4 is 21.7 Å². The molecule has 30 heavy (non-hydrogen) atoms. The molecule has 1 fully saturated rings. The second-order valence-corrected chi connectivity index (χ2v) is 6.59. The molecule has 2 rings (SSSR count). The zero-order valence-electron chi connectivity index (χ0n) is 17.3. The normalized spacial score (nSPS) is 18.4. The van der Waals surface area contributed by atoms with Crippen LogP contribution in [0.25, 0.3) is 0 Å². The number of guanidine groups is 1. The molecule has 7 nitrogen and oxygen atoms in total. The quantitative estimate of drug-likeness (QED) is 0.332. The molecule has 0 saturated heterocycles. The first kappa shape index (κ1) is 24.9. The Morgan fingerprint density at radius 3 is 2.57 bits per heavy atom. The highest BCUT2D eigenvalue weighted by atomic mass is 35.5. The zero-order valence-corrected chi connectivity index (χ0v) is 18.0. The number of nitrogens with zero attached hydrogens (tertiary/aromatic N) is 1. The molecule has 1 atom stereocenters. The first-order valence-electron chi connectivity index (χ1n) is 9.22. The summed E-state index contributed by atoms with van der Waals surface area (Å²) in [7, 11) is 3.36. The van der Waals surface area contributed by atoms with Crippen molar-refractivity contribution in [1.82, 2.24) is 10.6 Å². The molecule has 0 radical (unpaired) electrons. The van der Waals surface area contributed by atoms with Crippen LogP contribution in [0, 0.1) is 5.82 Å². The SMILES string of the molecule is C=C/C=C1\C(=C/C)CCC1NC(=O)C(=O)Nc1ccc(Cl)c(F)c1.CN=C(N)NC. The Bertz CT molecular complexity index is 880. The fourth-order valence-corrected chi connectivity index (χ4v) is 2.85. The smallest absolute Gasteiger partial charge is 0.313 e. The molecule has 1 unspecified atom stereocenters. The number of carbonyl (C=O) groups is 2. The number of amides is 2. The third-order valence-corrected chi connectivity index (χ3v) is 4.59. The number of nitrogens with two attached hydrogens (primary N) is 1. The number of allylic oxidation sites excluding steroid dienone is 3. The van der Waals surface area contributed by atoms with Gasteiger partial charge in [-0.1, -0.05) is 36.4 Å². The summed E-state index contributed by atoms with van der Waals surface area (Å²) in [5.41, 5.74) is 7.35. The standard InChI is InChI=1S/C18H18ClFN2O2.C3H9N3/c1-3-5-13-11(4-2)6-9-16(13)22-18(24)17(23)21-12-7-8-14(19)15(20)10-12;1-5-3(4)6-2/h3-5,7-8,10,16H,1,6,9H2,2H3,(H,21,23)(H,22,24);1-2H3,(H3,4,5,6)/b11-4-,13-5+;. The van der Waals surface area contributed by atoms with Crippen LogP contribution in [0.3, 0.4) is 0 Å². The van der Waals surface area contributed by atoms with Crippen molar-refractivity contribution in [3.8, 4) is 0 Å². The maximum atomic E-state index is 13.4. The average Bonchev–Trinajstić information content (AvgIpc) is 3.12. The van der Waals surface area contributed by atoms with E-state index in [1.807, 2.05) is 19.1 Å². The highest BCUT2D eigenvalue weighted by Gasteiger charge is 2.28. The minimum Gasteiger partial charge on any atom is -0.370 e. The van der Waals surface area contributed by atoms with Gasteiger partial charge in [0.2, 0.25) is 0 Å². The third kappa shape index (κ3) is 7.36. The first-order valence-corrected chi connectivity index (χ1v) is 9.60. The Kier molecular flexibility index (Phi) is 10.3. The van der Waals surface area contributed by atoms with Crippen molar-refractivity contribution in [2.24, 2.45) is 10.7 Å². The van der Waals surface area contributed by atoms with E-state index < -0.39 is 17.6 Å². The number of carbonyl (C=O) groups excluding carboxylic acids is 2. The average molecular weight is 436 g/mol. The highest BCUT2D eigenvalue weighted by Crippen LogP contribution is 2.30. The van der Waals surface area contributed by atoms with Gasteiger partial charge in [0.1, 0.15) is 5.82 Å². The summed E-state index contributed by atoms with van der Waals surface area (Å²) >= 11 is 5.58. The van der Waals surface area contributed by atoms with Gasteiger partial charge in [-0.15, -0.1) is 0 Å². The van der Waals surface area contributed by atoms with Crippen molar-refractivity contribution in [2.75, 3.05) is 19.4 Å². The van der Waals surface area contributed by atoms with Crippen LogP contribution in [0.1, 0.15) is 19.8 Å². The monoisotopic (exact) mass is 435 g/mol. The van der Waals surface area contributed by atoms with E-state index >= 15 is 0 Å². The predicted molar refractivity (Wildman–Crippen MR) is 120 cm³/mol. The van der Waals surface area contributed by atoms with Gasteiger partial charge in [-0.2, -0.15) is 0 Å². The van der Waals surface area contributed by atoms with Crippen molar-refractivity contribution in [2.45, 2.75) is 25.8 Å². The van der Waals surface area contributed by atoms with Crippen LogP contribution in [0.15, 0.2) is 59.1 Å². The molecule has 9 heteroatoms. The molecule has 0 aromatic heterocycles. The molecule has 1 aliphatic carbocycles. The Balaban J connectivity index is 0.000000656. The van der Waals surface area contributed by atoms with E-state index in [-0.39, 0.29) is 16.8 Å². The van der Waals surface area contributed by atoms with E-state index in [1.54, 1.807) is 20.2 Å². The number of hydrogen-bond donors (Lipinski definition) is 4. The number of hydrogen-bond acceptors (Lipinski definition) is 3. The van der Waals surface area contributed by atoms with Crippen molar-refractivity contribution < 1.29 is 14.0 Å². The van der Waals surface area contributed by atoms with Gasteiger partial charge in [0.25, 0.3) is 0 Å². The maximum absolute atomic E-state index is 13.4. The zero-order chi connectivity index (χ0) is 22.7. The molecule has 2 amide bonds. The van der Waals surface area contributed by atoms with Crippen molar-refractivity contribution >= 4 is 35.1 Å². The van der Waals surface area contributed by atoms with E-state index in [1.165, 1.54) is 12.1 Å². The molecular formula is C21H27ClFN5O2. The molecule has 162 valence electrons. The highest BCUT2D eigenvalue weighted by molar-refractivity contribution is 6.39. The molecule has 0 aliphatic heterocycles. The lowest BCUT2D eigenvalue weighted by molar-refractivity contribution is -0.136. The van der Waals surface area contributed by atoms with Crippen LogP contribution in [0.2, 0.25) is 5.02 Å². The summed E-state index contributed by atoms with van der Waals surface area (Å²) in [4.78, 5) is 27.7. The van der Waals surface area contributed by atoms with Crippen LogP contribution in [-0.4, -0.2) is 37.9 Å². The minimum absolute atomic E-state index is 0.0542. The number of rotatable bonds is 3. The molecule has 0 spiro atoms. The van der Waals surface area contributed by atoms with E-state index in [0.717, 1.165) is 23.6 Å². The minimum atomic E-state index is -0.858. The molecular weight excluding hydrogens is 409 g/mol. The number of anilines is 1. The van der Waals surface area contributed by atoms with Crippen LogP contribution in [-0.2, 0) is 9.59 Å². The van der Waals surface area contributed by atoms with Crippen molar-refractivity contribution in [1.29, 1.82) is 0 Å². The molecule has 1 aromatic rings. The van der Waals surface area contributed by atoms with Crippen LogP contribution >= 0.6 is 11.6 Å². The molecule has 1 aromatic carbocycles. The summed E-state index contributed by atoms with van der Waals surface area (Å²) < 4.78 is 13.4. The lowest BCUT2D eigenvalue weighted by atomic mass is 10.1. The largest absolute Gasteiger partial charge is 0.370 e. The summed E-state index contributed by atoms with van der Waals surface area (Å²) in [6.07, 6.45) is 7.01. The Morgan fingerprint density at radius 1 is 1.37 bits per heavy atom. The van der Waals surface area contributed by atoms with Gasteiger partial charge in [-0.05, 0) is 49.1 Å². The van der Waals surface area contributed by atoms with Crippen LogP contribution in [0.5, 0.6) is 0 Å². The lowest BCUT2D eigenvalue weighted by Crippen LogP contribution is -2.41. The third-order valence-electron chi connectivity index (χ3n) is 4.28. The van der Waals surface area contributed by atoms with E-state index in [2.05, 4.69) is 27.5 Å². The van der Waals surface area contributed by atoms with E-state index in [0.29, 0.717) is 12.4 Å². The number of aliphatic imine (C=N–C) groups is 1. The Labute approximate surface area is 181 Å². The van der Waals surface area contributed by atoms with Crippen molar-refractivity contribution in [3.05, 3.63) is 65.0 Å². The number of nitrogens with one attached hydrogen (secondary N) is 3. The summed E-state index contributed by atoms with van der Waals surface area (Å²) in [6, 6.07) is 3.55. The van der Waals surface area contributed by atoms with E-state index in [4.69, 9.17) is 17.3 Å². The summed E-state index contributed by atoms with van der Waals surface area (Å²) in [5, 5.41) is 7.64. The number of benzene rings is 1. The van der Waals surface area contributed by atoms with Gasteiger partial charge in [-0.25, -0.2) is 4.39 Å². The summed E-state index contributed by atoms with van der Waals surface area (Å²) in [6.45, 7) is 5.60. The van der Waals surface area contributed by atoms with Gasteiger partial charge >= 0.3 is 11.8 Å². The van der Waals surface area contributed by atoms with Gasteiger partial charge in [0, 0.05) is 19.8 Å². The molecule has 1 saturated carbocycles. The van der Waals surface area contributed by atoms with Crippen molar-refractivity contribution in [3.63, 3.8) is 0 Å². The van der Waals surface area contributed by atoms with Gasteiger partial charge in [-0.3, -0.25) is 14.6 Å². The van der Waals surface area contributed by atoms with Gasteiger partial charge < -0.3 is 21.7 Å². The molecule has 1 aliphatic rings. The lowest BCUT2D eigenvalue weighted by Gasteiger charge is -2.14. The fourth-order valence-electron chi connectivity index (χ4n) is 2.73. The second-order valence-electron chi connectivity index (χ2n) is 6.18. The molecule has 5 N–H and O–H groups in total. The first-order chi connectivity index (χ1) is 14.3. The topological polar surface area (TPSA) is 109 Å². The van der Waals surface area contributed by atoms with Crippen LogP contribution in [0.4, 0.5) is 10.1 Å². The predicted octanol–water partition coefficient (Wildman–Crippen LogP) is 2.91. The fraction of sp³-hybridized carbons (Fsp3) is 0.286.